The average molecular weight is 310 g/mol. The third-order valence-electron chi connectivity index (χ3n) is 3.49. The number of fused-ring (bicyclic) bond motifs is 1. The average Bonchev–Trinajstić information content (AvgIpc) is 2.89. The lowest BCUT2D eigenvalue weighted by Gasteiger charge is -2.07. The molecule has 0 radical (unpaired) electrons. The van der Waals surface area contributed by atoms with Crippen LogP contribution in [-0.2, 0) is 11.3 Å². The van der Waals surface area contributed by atoms with Crippen molar-refractivity contribution in [2.75, 3.05) is 6.61 Å². The topological polar surface area (TPSA) is 52.8 Å². The normalized spacial score (nSPS) is 10.7. The molecule has 0 saturated carbocycles. The van der Waals surface area contributed by atoms with Crippen molar-refractivity contribution in [3.63, 3.8) is 0 Å². The Bertz CT molecular complexity index is 825. The van der Waals surface area contributed by atoms with Gasteiger partial charge in [0.15, 0.2) is 5.69 Å². The van der Waals surface area contributed by atoms with Crippen LogP contribution in [0.15, 0.2) is 48.7 Å². The van der Waals surface area contributed by atoms with Crippen LogP contribution < -0.4 is 4.74 Å². The lowest BCUT2D eigenvalue weighted by atomic mass is 10.2. The highest BCUT2D eigenvalue weighted by Gasteiger charge is 2.17. The third-order valence-corrected chi connectivity index (χ3v) is 3.49. The molecule has 1 aromatic carbocycles. The van der Waals surface area contributed by atoms with Crippen LogP contribution in [0, 0.1) is 6.92 Å². The molecule has 2 aromatic heterocycles. The molecule has 0 bridgehead atoms. The molecule has 0 fully saturated rings. The second-order valence-corrected chi connectivity index (χ2v) is 5.13. The largest absolute Gasteiger partial charge is 0.489 e. The highest BCUT2D eigenvalue weighted by atomic mass is 16.5. The van der Waals surface area contributed by atoms with Gasteiger partial charge in [-0.25, -0.2) is 9.78 Å². The number of hydrogen-bond acceptors (Lipinski definition) is 4. The number of aryl methyl sites for hydroxylation is 1. The van der Waals surface area contributed by atoms with Crippen molar-refractivity contribution >= 4 is 11.6 Å². The van der Waals surface area contributed by atoms with E-state index in [2.05, 4.69) is 4.98 Å². The molecule has 0 amide bonds. The van der Waals surface area contributed by atoms with Gasteiger partial charge >= 0.3 is 5.97 Å². The maximum absolute atomic E-state index is 12.0. The van der Waals surface area contributed by atoms with Crippen molar-refractivity contribution < 1.29 is 14.3 Å². The van der Waals surface area contributed by atoms with E-state index < -0.39 is 0 Å². The van der Waals surface area contributed by atoms with Gasteiger partial charge in [0, 0.05) is 12.3 Å². The van der Waals surface area contributed by atoms with Crippen LogP contribution in [0.5, 0.6) is 5.75 Å². The number of carbonyl (C=O) groups excluding carboxylic acids is 1. The number of imidazole rings is 1. The molecular weight excluding hydrogens is 292 g/mol. The summed E-state index contributed by atoms with van der Waals surface area (Å²) in [6.45, 7) is 4.40. The zero-order valence-electron chi connectivity index (χ0n) is 13.2. The number of aromatic nitrogens is 2. The second kappa shape index (κ2) is 6.52. The Morgan fingerprint density at radius 3 is 2.74 bits per heavy atom. The van der Waals surface area contributed by atoms with E-state index in [1.54, 1.807) is 24.4 Å². The summed E-state index contributed by atoms with van der Waals surface area (Å²) in [5, 5.41) is 0. The first-order valence-corrected chi connectivity index (χ1v) is 7.51. The Morgan fingerprint density at radius 2 is 2.00 bits per heavy atom. The number of esters is 1. The molecule has 0 aliphatic heterocycles. The Hall–Kier alpha value is -2.82. The minimum atomic E-state index is -0.365. The maximum atomic E-state index is 12.0. The van der Waals surface area contributed by atoms with Gasteiger partial charge in [-0.15, -0.1) is 0 Å². The highest BCUT2D eigenvalue weighted by molar-refractivity contribution is 5.90. The standard InChI is InChI=1S/C18H18N2O3/c1-3-22-18(21)17-13(2)19-16-11-15(9-10-20(16)17)23-12-14-7-5-4-6-8-14/h4-11H,3,12H2,1-2H3. The molecule has 3 rings (SSSR count). The summed E-state index contributed by atoms with van der Waals surface area (Å²) in [6.07, 6.45) is 1.78. The van der Waals surface area contributed by atoms with Crippen LogP contribution in [0.4, 0.5) is 0 Å². The van der Waals surface area contributed by atoms with Gasteiger partial charge in [0.05, 0.1) is 12.3 Å². The summed E-state index contributed by atoms with van der Waals surface area (Å²) >= 11 is 0. The number of pyridine rings is 1. The molecule has 0 atom stereocenters. The molecular formula is C18H18N2O3. The van der Waals surface area contributed by atoms with E-state index >= 15 is 0 Å². The van der Waals surface area contributed by atoms with E-state index in [-0.39, 0.29) is 5.97 Å². The van der Waals surface area contributed by atoms with E-state index in [1.165, 1.54) is 0 Å². The first-order valence-electron chi connectivity index (χ1n) is 7.51. The molecule has 118 valence electrons. The summed E-state index contributed by atoms with van der Waals surface area (Å²) in [5.74, 6) is 0.345. The first-order chi connectivity index (χ1) is 11.2. The molecule has 3 aromatic rings. The fraction of sp³-hybridized carbons (Fsp3) is 0.222. The van der Waals surface area contributed by atoms with Gasteiger partial charge in [-0.1, -0.05) is 30.3 Å². The summed E-state index contributed by atoms with van der Waals surface area (Å²) in [4.78, 5) is 16.4. The third kappa shape index (κ3) is 3.18. The van der Waals surface area contributed by atoms with Crippen molar-refractivity contribution in [1.29, 1.82) is 0 Å². The fourth-order valence-corrected chi connectivity index (χ4v) is 2.42. The van der Waals surface area contributed by atoms with Gasteiger partial charge in [0.1, 0.15) is 18.0 Å². The molecule has 5 nitrogen and oxygen atoms in total. The van der Waals surface area contributed by atoms with Gasteiger partial charge < -0.3 is 9.47 Å². The van der Waals surface area contributed by atoms with Crippen LogP contribution in [-0.4, -0.2) is 22.0 Å². The van der Waals surface area contributed by atoms with E-state index in [0.717, 1.165) is 5.56 Å². The predicted molar refractivity (Wildman–Crippen MR) is 86.7 cm³/mol. The molecule has 0 spiro atoms. The molecule has 0 saturated heterocycles. The second-order valence-electron chi connectivity index (χ2n) is 5.13. The van der Waals surface area contributed by atoms with Gasteiger partial charge in [-0.05, 0) is 25.5 Å². The minimum absolute atomic E-state index is 0.337. The van der Waals surface area contributed by atoms with E-state index in [9.17, 15) is 4.79 Å². The van der Waals surface area contributed by atoms with Crippen molar-refractivity contribution in [2.24, 2.45) is 0 Å². The number of hydrogen-bond donors (Lipinski definition) is 0. The fourth-order valence-electron chi connectivity index (χ4n) is 2.42. The van der Waals surface area contributed by atoms with Gasteiger partial charge in [0.2, 0.25) is 0 Å². The van der Waals surface area contributed by atoms with Crippen LogP contribution in [0.3, 0.4) is 0 Å². The van der Waals surface area contributed by atoms with Crippen molar-refractivity contribution in [1.82, 2.24) is 9.38 Å². The minimum Gasteiger partial charge on any atom is -0.489 e. The molecule has 23 heavy (non-hydrogen) atoms. The summed E-state index contributed by atoms with van der Waals surface area (Å²) < 4.78 is 12.6. The van der Waals surface area contributed by atoms with Crippen LogP contribution >= 0.6 is 0 Å². The predicted octanol–water partition coefficient (Wildman–Crippen LogP) is 3.40. The molecule has 5 heteroatoms. The Labute approximate surface area is 134 Å². The summed E-state index contributed by atoms with van der Waals surface area (Å²) in [6, 6.07) is 13.6. The number of carbonyl (C=O) groups is 1. The zero-order chi connectivity index (χ0) is 16.2. The van der Waals surface area contributed by atoms with E-state index in [1.807, 2.05) is 42.5 Å². The maximum Gasteiger partial charge on any atom is 0.357 e. The van der Waals surface area contributed by atoms with Gasteiger partial charge in [-0.3, -0.25) is 4.40 Å². The van der Waals surface area contributed by atoms with E-state index in [0.29, 0.717) is 36.0 Å². The highest BCUT2D eigenvalue weighted by Crippen LogP contribution is 2.19. The zero-order valence-corrected chi connectivity index (χ0v) is 13.2. The monoisotopic (exact) mass is 310 g/mol. The van der Waals surface area contributed by atoms with Gasteiger partial charge in [0.25, 0.3) is 0 Å². The molecule has 0 aliphatic carbocycles. The number of rotatable bonds is 5. The van der Waals surface area contributed by atoms with Crippen LogP contribution in [0.2, 0.25) is 0 Å². The lowest BCUT2D eigenvalue weighted by molar-refractivity contribution is 0.0517. The molecule has 2 heterocycles. The Morgan fingerprint density at radius 1 is 1.22 bits per heavy atom. The first kappa shape index (κ1) is 15.1. The van der Waals surface area contributed by atoms with Crippen molar-refractivity contribution in [2.45, 2.75) is 20.5 Å². The number of ether oxygens (including phenoxy) is 2. The smallest absolute Gasteiger partial charge is 0.357 e. The Kier molecular flexibility index (Phi) is 4.28. The van der Waals surface area contributed by atoms with Crippen LogP contribution in [0.1, 0.15) is 28.7 Å². The van der Waals surface area contributed by atoms with Crippen molar-refractivity contribution in [3.05, 3.63) is 65.6 Å². The van der Waals surface area contributed by atoms with Crippen LogP contribution in [0.25, 0.3) is 5.65 Å². The lowest BCUT2D eigenvalue weighted by Crippen LogP contribution is -2.09. The summed E-state index contributed by atoms with van der Waals surface area (Å²) in [7, 11) is 0. The molecule has 0 N–H and O–H groups in total. The number of benzene rings is 1. The molecule has 0 aliphatic rings. The van der Waals surface area contributed by atoms with E-state index in [4.69, 9.17) is 9.47 Å². The summed E-state index contributed by atoms with van der Waals surface area (Å²) in [5.41, 5.74) is 2.86. The molecule has 0 unspecified atom stereocenters. The van der Waals surface area contributed by atoms with Gasteiger partial charge in [-0.2, -0.15) is 0 Å². The number of nitrogens with zero attached hydrogens (tertiary/aromatic N) is 2. The van der Waals surface area contributed by atoms with Crippen molar-refractivity contribution in [3.8, 4) is 5.75 Å². The SMILES string of the molecule is CCOC(=O)c1c(C)nc2cc(OCc3ccccc3)ccn12. The Balaban J connectivity index is 1.84. The quantitative estimate of drug-likeness (QED) is 0.678.